The predicted molar refractivity (Wildman–Crippen MR) is 91.2 cm³/mol. The van der Waals surface area contributed by atoms with Crippen molar-refractivity contribution in [1.29, 1.82) is 0 Å². The SMILES string of the molecule is O=C(CN=C1NS(=O)(=O)c2ccccc21)ON1C(=O)c2ccccc2C1=O. The number of sulfonamides is 1. The van der Waals surface area contributed by atoms with Crippen LogP contribution in [0.4, 0.5) is 0 Å². The van der Waals surface area contributed by atoms with Gasteiger partial charge < -0.3 is 4.84 Å². The monoisotopic (exact) mass is 385 g/mol. The summed E-state index contributed by atoms with van der Waals surface area (Å²) in [6.07, 6.45) is 0. The second-order valence-electron chi connectivity index (χ2n) is 5.68. The summed E-state index contributed by atoms with van der Waals surface area (Å²) in [5, 5.41) is 0.375. The Morgan fingerprint density at radius 3 is 2.15 bits per heavy atom. The summed E-state index contributed by atoms with van der Waals surface area (Å²) in [5.74, 6) is -2.49. The minimum atomic E-state index is -3.73. The van der Waals surface area contributed by atoms with E-state index in [2.05, 4.69) is 9.71 Å². The molecule has 2 heterocycles. The van der Waals surface area contributed by atoms with Crippen molar-refractivity contribution < 1.29 is 27.6 Å². The van der Waals surface area contributed by atoms with Crippen molar-refractivity contribution in [1.82, 2.24) is 9.79 Å². The average Bonchev–Trinajstić information content (AvgIpc) is 3.06. The lowest BCUT2D eigenvalue weighted by Crippen LogP contribution is -2.33. The summed E-state index contributed by atoms with van der Waals surface area (Å²) in [6, 6.07) is 12.2. The van der Waals surface area contributed by atoms with Crippen LogP contribution in [0, 0.1) is 0 Å². The van der Waals surface area contributed by atoms with Crippen LogP contribution in [0.25, 0.3) is 0 Å². The second-order valence-corrected chi connectivity index (χ2v) is 7.33. The molecule has 27 heavy (non-hydrogen) atoms. The highest BCUT2D eigenvalue weighted by molar-refractivity contribution is 7.90. The van der Waals surface area contributed by atoms with Gasteiger partial charge >= 0.3 is 5.97 Å². The number of fused-ring (bicyclic) bond motifs is 2. The zero-order valence-electron chi connectivity index (χ0n) is 13.6. The first-order valence-corrected chi connectivity index (χ1v) is 9.22. The first-order valence-electron chi connectivity index (χ1n) is 7.74. The third kappa shape index (κ3) is 2.75. The number of hydrogen-bond donors (Lipinski definition) is 1. The smallest absolute Gasteiger partial charge is 0.328 e. The van der Waals surface area contributed by atoms with Crippen molar-refractivity contribution in [2.75, 3.05) is 6.54 Å². The molecule has 0 aromatic heterocycles. The van der Waals surface area contributed by atoms with E-state index in [-0.39, 0.29) is 21.9 Å². The van der Waals surface area contributed by atoms with Crippen LogP contribution >= 0.6 is 0 Å². The Hall–Kier alpha value is -3.53. The number of hydroxylamine groups is 2. The summed E-state index contributed by atoms with van der Waals surface area (Å²) in [5.41, 5.74) is 0.601. The van der Waals surface area contributed by atoms with Crippen LogP contribution in [-0.2, 0) is 19.7 Å². The minimum Gasteiger partial charge on any atom is -0.328 e. The largest absolute Gasteiger partial charge is 0.354 e. The molecule has 10 heteroatoms. The van der Waals surface area contributed by atoms with Gasteiger partial charge in [-0.3, -0.25) is 19.3 Å². The standard InChI is InChI=1S/C17H11N3O6S/c21-14(26-20-16(22)10-5-1-2-6-11(10)17(20)23)9-18-15-12-7-3-4-8-13(12)27(24,25)19-15/h1-8H,9H2,(H,18,19). The van der Waals surface area contributed by atoms with Gasteiger partial charge in [-0.2, -0.15) is 0 Å². The van der Waals surface area contributed by atoms with Gasteiger partial charge in [0, 0.05) is 5.56 Å². The number of aliphatic imine (C=N–C) groups is 1. The second kappa shape index (κ2) is 6.02. The molecule has 2 aliphatic rings. The Bertz CT molecular complexity index is 1100. The molecule has 0 spiro atoms. The Balaban J connectivity index is 1.50. The molecule has 1 N–H and O–H groups in total. The minimum absolute atomic E-state index is 0.00934. The Morgan fingerprint density at radius 2 is 1.52 bits per heavy atom. The van der Waals surface area contributed by atoms with Crippen molar-refractivity contribution in [3.63, 3.8) is 0 Å². The number of carbonyl (C=O) groups is 3. The van der Waals surface area contributed by atoms with E-state index in [4.69, 9.17) is 4.84 Å². The molecular weight excluding hydrogens is 374 g/mol. The number of nitrogens with one attached hydrogen (secondary N) is 1. The molecule has 0 unspecified atom stereocenters. The number of carbonyl (C=O) groups excluding carboxylic acids is 3. The van der Waals surface area contributed by atoms with Crippen molar-refractivity contribution >= 4 is 33.6 Å². The first kappa shape index (κ1) is 16.9. The molecule has 2 amide bonds. The molecule has 4 rings (SSSR count). The number of amidine groups is 1. The number of imide groups is 1. The molecule has 2 aliphatic heterocycles. The van der Waals surface area contributed by atoms with E-state index >= 15 is 0 Å². The number of benzene rings is 2. The molecule has 0 atom stereocenters. The fourth-order valence-corrected chi connectivity index (χ4v) is 4.03. The van der Waals surface area contributed by atoms with Crippen LogP contribution in [0.15, 0.2) is 58.4 Å². The lowest BCUT2D eigenvalue weighted by molar-refractivity contribution is -0.166. The summed E-state index contributed by atoms with van der Waals surface area (Å²) in [7, 11) is -3.73. The Morgan fingerprint density at radius 1 is 0.963 bits per heavy atom. The predicted octanol–water partition coefficient (Wildman–Crippen LogP) is 0.479. The Kier molecular flexibility index (Phi) is 3.77. The summed E-state index contributed by atoms with van der Waals surface area (Å²) in [4.78, 5) is 45.1. The topological polar surface area (TPSA) is 122 Å². The highest BCUT2D eigenvalue weighted by Crippen LogP contribution is 2.23. The van der Waals surface area contributed by atoms with E-state index in [9.17, 15) is 22.8 Å². The number of amides is 2. The van der Waals surface area contributed by atoms with E-state index in [1.807, 2.05) is 0 Å². The van der Waals surface area contributed by atoms with Crippen LogP contribution in [0.1, 0.15) is 26.3 Å². The lowest BCUT2D eigenvalue weighted by Gasteiger charge is -2.11. The molecule has 0 aliphatic carbocycles. The van der Waals surface area contributed by atoms with Gasteiger partial charge in [0.05, 0.1) is 16.0 Å². The summed E-state index contributed by atoms with van der Waals surface area (Å²) >= 11 is 0. The van der Waals surface area contributed by atoms with Gasteiger partial charge in [0.2, 0.25) is 0 Å². The molecule has 0 fully saturated rings. The third-order valence-electron chi connectivity index (χ3n) is 3.98. The molecule has 0 saturated heterocycles. The quantitative estimate of drug-likeness (QED) is 0.767. The van der Waals surface area contributed by atoms with Crippen LogP contribution in [0.2, 0.25) is 0 Å². The Labute approximate surface area is 153 Å². The molecule has 136 valence electrons. The molecule has 9 nitrogen and oxygen atoms in total. The van der Waals surface area contributed by atoms with E-state index in [0.29, 0.717) is 10.6 Å². The average molecular weight is 385 g/mol. The molecule has 2 aromatic carbocycles. The maximum Gasteiger partial charge on any atom is 0.354 e. The number of nitrogens with zero attached hydrogens (tertiary/aromatic N) is 2. The fourth-order valence-electron chi connectivity index (χ4n) is 2.78. The summed E-state index contributed by atoms with van der Waals surface area (Å²) in [6.45, 7) is -0.584. The van der Waals surface area contributed by atoms with Gasteiger partial charge in [0.25, 0.3) is 21.8 Å². The number of rotatable bonds is 3. The first-order chi connectivity index (χ1) is 12.9. The van der Waals surface area contributed by atoms with Crippen molar-refractivity contribution in [2.24, 2.45) is 4.99 Å². The summed E-state index contributed by atoms with van der Waals surface area (Å²) < 4.78 is 26.2. The van der Waals surface area contributed by atoms with Gasteiger partial charge in [-0.25, -0.2) is 13.2 Å². The third-order valence-corrected chi connectivity index (χ3v) is 5.38. The highest BCUT2D eigenvalue weighted by Gasteiger charge is 2.38. The zero-order valence-corrected chi connectivity index (χ0v) is 14.4. The van der Waals surface area contributed by atoms with E-state index in [1.54, 1.807) is 30.3 Å². The van der Waals surface area contributed by atoms with Crippen molar-refractivity contribution in [2.45, 2.75) is 4.90 Å². The molecule has 0 bridgehead atoms. The molecule has 0 saturated carbocycles. The number of hydrogen-bond acceptors (Lipinski definition) is 7. The fraction of sp³-hybridized carbons (Fsp3) is 0.0588. The van der Waals surface area contributed by atoms with E-state index in [1.165, 1.54) is 18.2 Å². The normalized spacial score (nSPS) is 18.2. The van der Waals surface area contributed by atoms with E-state index in [0.717, 1.165) is 0 Å². The van der Waals surface area contributed by atoms with Gasteiger partial charge in [0.15, 0.2) is 0 Å². The van der Waals surface area contributed by atoms with Gasteiger partial charge in [-0.05, 0) is 24.3 Å². The zero-order chi connectivity index (χ0) is 19.2. The van der Waals surface area contributed by atoms with Crippen molar-refractivity contribution in [3.05, 3.63) is 65.2 Å². The maximum absolute atomic E-state index is 12.2. The van der Waals surface area contributed by atoms with Crippen LogP contribution in [-0.4, -0.2) is 43.6 Å². The lowest BCUT2D eigenvalue weighted by atomic mass is 10.1. The van der Waals surface area contributed by atoms with Gasteiger partial charge in [-0.1, -0.05) is 29.3 Å². The van der Waals surface area contributed by atoms with Crippen molar-refractivity contribution in [3.8, 4) is 0 Å². The van der Waals surface area contributed by atoms with Gasteiger partial charge in [0.1, 0.15) is 12.4 Å². The van der Waals surface area contributed by atoms with Gasteiger partial charge in [-0.15, -0.1) is 0 Å². The molecule has 0 radical (unpaired) electrons. The van der Waals surface area contributed by atoms with E-state index < -0.39 is 34.4 Å². The van der Waals surface area contributed by atoms with Crippen LogP contribution in [0.5, 0.6) is 0 Å². The molecule has 2 aromatic rings. The highest BCUT2D eigenvalue weighted by atomic mass is 32.2. The molecular formula is C17H11N3O6S. The van der Waals surface area contributed by atoms with Crippen LogP contribution < -0.4 is 4.72 Å². The maximum atomic E-state index is 12.2. The van der Waals surface area contributed by atoms with Crippen LogP contribution in [0.3, 0.4) is 0 Å².